The van der Waals surface area contributed by atoms with Gasteiger partial charge in [-0.15, -0.1) is 6.42 Å². The Morgan fingerprint density at radius 1 is 1.45 bits per heavy atom. The summed E-state index contributed by atoms with van der Waals surface area (Å²) in [5.74, 6) is 3.97. The Morgan fingerprint density at radius 3 is 2.95 bits per heavy atom. The number of nitrogens with zero attached hydrogens (tertiary/aromatic N) is 3. The number of rotatable bonds is 3. The molecule has 1 unspecified atom stereocenters. The van der Waals surface area contributed by atoms with E-state index >= 15 is 0 Å². The number of carbonyl (C=O) groups is 1. The molecule has 1 saturated heterocycles. The van der Waals surface area contributed by atoms with Crippen LogP contribution in [0.4, 0.5) is 0 Å². The summed E-state index contributed by atoms with van der Waals surface area (Å²) in [6, 6.07) is 7.97. The molecule has 2 aromatic rings. The van der Waals surface area contributed by atoms with Crippen molar-refractivity contribution in [3.63, 3.8) is 0 Å². The fourth-order valence-corrected chi connectivity index (χ4v) is 2.91. The van der Waals surface area contributed by atoms with Crippen LogP contribution in [0.2, 0.25) is 0 Å². The van der Waals surface area contributed by atoms with Crippen molar-refractivity contribution in [3.05, 3.63) is 30.1 Å². The number of hydrogen-bond donors (Lipinski definition) is 0. The average molecular weight is 267 g/mol. The van der Waals surface area contributed by atoms with Crippen LogP contribution in [0.3, 0.4) is 0 Å². The molecule has 4 nitrogen and oxygen atoms in total. The van der Waals surface area contributed by atoms with Crippen LogP contribution in [0.15, 0.2) is 24.3 Å². The Bertz CT molecular complexity index is 695. The smallest absolute Gasteiger partial charge is 0.223 e. The average Bonchev–Trinajstić information content (AvgIpc) is 3.00. The van der Waals surface area contributed by atoms with Gasteiger partial charge in [0.25, 0.3) is 0 Å². The molecule has 1 amide bonds. The zero-order chi connectivity index (χ0) is 14.1. The van der Waals surface area contributed by atoms with Crippen molar-refractivity contribution in [1.82, 2.24) is 14.5 Å². The van der Waals surface area contributed by atoms with Gasteiger partial charge in [-0.05, 0) is 19.1 Å². The minimum Gasteiger partial charge on any atom is -0.342 e. The predicted octanol–water partition coefficient (Wildman–Crippen LogP) is 2.01. The Hall–Kier alpha value is -2.28. The van der Waals surface area contributed by atoms with Crippen molar-refractivity contribution in [2.75, 3.05) is 13.1 Å². The van der Waals surface area contributed by atoms with Gasteiger partial charge in [0.1, 0.15) is 5.82 Å². The lowest BCUT2D eigenvalue weighted by Gasteiger charge is -2.14. The van der Waals surface area contributed by atoms with Crippen LogP contribution in [-0.4, -0.2) is 33.4 Å². The number of likely N-dealkylation sites (tertiary alicyclic amines) is 1. The highest BCUT2D eigenvalue weighted by Crippen LogP contribution is 2.30. The zero-order valence-electron chi connectivity index (χ0n) is 11.5. The molecule has 3 rings (SSSR count). The number of benzene rings is 1. The van der Waals surface area contributed by atoms with E-state index in [2.05, 4.69) is 10.5 Å². The SMILES string of the molecule is C#CCn1c(C2CC(=O)N(CC)C2)nc2ccccc21. The minimum atomic E-state index is 0.142. The third-order valence-corrected chi connectivity index (χ3v) is 3.89. The van der Waals surface area contributed by atoms with E-state index in [1.807, 2.05) is 36.1 Å². The van der Waals surface area contributed by atoms with Crippen LogP contribution in [0.1, 0.15) is 25.1 Å². The summed E-state index contributed by atoms with van der Waals surface area (Å²) < 4.78 is 2.06. The van der Waals surface area contributed by atoms with Crippen molar-refractivity contribution in [2.24, 2.45) is 0 Å². The minimum absolute atomic E-state index is 0.142. The zero-order valence-corrected chi connectivity index (χ0v) is 11.5. The van der Waals surface area contributed by atoms with Crippen LogP contribution in [0.5, 0.6) is 0 Å². The monoisotopic (exact) mass is 267 g/mol. The normalized spacial score (nSPS) is 18.7. The van der Waals surface area contributed by atoms with Crippen LogP contribution < -0.4 is 0 Å². The molecular weight excluding hydrogens is 250 g/mol. The molecule has 2 heterocycles. The first-order valence-corrected chi connectivity index (χ1v) is 6.91. The van der Waals surface area contributed by atoms with Gasteiger partial charge in [0.15, 0.2) is 0 Å². The van der Waals surface area contributed by atoms with E-state index in [4.69, 9.17) is 11.4 Å². The van der Waals surface area contributed by atoms with Crippen LogP contribution >= 0.6 is 0 Å². The molecule has 20 heavy (non-hydrogen) atoms. The molecule has 1 aliphatic rings. The number of fused-ring (bicyclic) bond motifs is 1. The lowest BCUT2D eigenvalue weighted by Crippen LogP contribution is -2.24. The summed E-state index contributed by atoms with van der Waals surface area (Å²) in [5, 5.41) is 0. The summed E-state index contributed by atoms with van der Waals surface area (Å²) in [6.07, 6.45) is 6.01. The molecule has 102 valence electrons. The number of likely N-dealkylation sites (N-methyl/N-ethyl adjacent to an activating group) is 1. The summed E-state index contributed by atoms with van der Waals surface area (Å²) >= 11 is 0. The molecule has 0 bridgehead atoms. The standard InChI is InChI=1S/C16H17N3O/c1-3-9-19-14-8-6-5-7-13(14)17-16(19)12-10-15(20)18(4-2)11-12/h1,5-8,12H,4,9-11H2,2H3. The molecule has 0 N–H and O–H groups in total. The lowest BCUT2D eigenvalue weighted by atomic mass is 10.1. The maximum atomic E-state index is 11.9. The third kappa shape index (κ3) is 1.96. The van der Waals surface area contributed by atoms with E-state index in [1.165, 1.54) is 0 Å². The van der Waals surface area contributed by atoms with Gasteiger partial charge < -0.3 is 9.47 Å². The second-order valence-electron chi connectivity index (χ2n) is 5.08. The van der Waals surface area contributed by atoms with Crippen LogP contribution in [0.25, 0.3) is 11.0 Å². The molecule has 0 radical (unpaired) electrons. The summed E-state index contributed by atoms with van der Waals surface area (Å²) in [7, 11) is 0. The van der Waals surface area contributed by atoms with E-state index in [9.17, 15) is 4.79 Å². The number of imidazole rings is 1. The highest BCUT2D eigenvalue weighted by Gasteiger charge is 2.32. The second-order valence-corrected chi connectivity index (χ2v) is 5.08. The van der Waals surface area contributed by atoms with Crippen molar-refractivity contribution >= 4 is 16.9 Å². The lowest BCUT2D eigenvalue weighted by molar-refractivity contribution is -0.127. The Balaban J connectivity index is 2.05. The fourth-order valence-electron chi connectivity index (χ4n) is 2.91. The number of aromatic nitrogens is 2. The highest BCUT2D eigenvalue weighted by molar-refractivity contribution is 5.80. The summed E-state index contributed by atoms with van der Waals surface area (Å²) in [4.78, 5) is 18.5. The fraction of sp³-hybridized carbons (Fsp3) is 0.375. The molecule has 0 aliphatic carbocycles. The second kappa shape index (κ2) is 5.01. The van der Waals surface area contributed by atoms with Crippen molar-refractivity contribution in [3.8, 4) is 12.3 Å². The Morgan fingerprint density at radius 2 is 2.25 bits per heavy atom. The van der Waals surface area contributed by atoms with Crippen LogP contribution in [0, 0.1) is 12.3 Å². The van der Waals surface area contributed by atoms with Gasteiger partial charge in [0.05, 0.1) is 17.6 Å². The van der Waals surface area contributed by atoms with E-state index in [1.54, 1.807) is 0 Å². The maximum absolute atomic E-state index is 11.9. The first-order chi connectivity index (χ1) is 9.74. The number of terminal acetylenes is 1. The van der Waals surface area contributed by atoms with Gasteiger partial charge in [-0.25, -0.2) is 4.98 Å². The molecule has 1 aromatic carbocycles. The van der Waals surface area contributed by atoms with E-state index in [0.717, 1.165) is 29.9 Å². The first kappa shape index (κ1) is 12.7. The molecule has 1 aromatic heterocycles. The largest absolute Gasteiger partial charge is 0.342 e. The summed E-state index contributed by atoms with van der Waals surface area (Å²) in [5.41, 5.74) is 1.99. The maximum Gasteiger partial charge on any atom is 0.223 e. The predicted molar refractivity (Wildman–Crippen MR) is 78.2 cm³/mol. The van der Waals surface area contributed by atoms with Gasteiger partial charge in [-0.3, -0.25) is 4.79 Å². The Labute approximate surface area is 118 Å². The number of hydrogen-bond acceptors (Lipinski definition) is 2. The van der Waals surface area contributed by atoms with Gasteiger partial charge in [0.2, 0.25) is 5.91 Å². The quantitative estimate of drug-likeness (QED) is 0.798. The molecule has 4 heteroatoms. The van der Waals surface area contributed by atoms with Gasteiger partial charge in [0, 0.05) is 25.4 Å². The first-order valence-electron chi connectivity index (χ1n) is 6.91. The Kier molecular flexibility index (Phi) is 3.19. The molecule has 1 aliphatic heterocycles. The topological polar surface area (TPSA) is 38.1 Å². The molecule has 0 saturated carbocycles. The molecule has 1 atom stereocenters. The van der Waals surface area contributed by atoms with Crippen molar-refractivity contribution in [1.29, 1.82) is 0 Å². The van der Waals surface area contributed by atoms with Crippen molar-refractivity contribution < 1.29 is 4.79 Å². The van der Waals surface area contributed by atoms with E-state index in [0.29, 0.717) is 13.0 Å². The molecule has 1 fully saturated rings. The summed E-state index contributed by atoms with van der Waals surface area (Å²) in [6.45, 7) is 3.99. The van der Waals surface area contributed by atoms with E-state index in [-0.39, 0.29) is 11.8 Å². The van der Waals surface area contributed by atoms with Crippen LogP contribution in [-0.2, 0) is 11.3 Å². The third-order valence-electron chi connectivity index (χ3n) is 3.89. The number of carbonyl (C=O) groups excluding carboxylic acids is 1. The molecule has 0 spiro atoms. The van der Waals surface area contributed by atoms with Gasteiger partial charge in [-0.1, -0.05) is 18.1 Å². The number of amides is 1. The highest BCUT2D eigenvalue weighted by atomic mass is 16.2. The molecular formula is C16H17N3O. The van der Waals surface area contributed by atoms with Gasteiger partial charge >= 0.3 is 0 Å². The van der Waals surface area contributed by atoms with E-state index < -0.39 is 0 Å². The number of para-hydroxylation sites is 2. The van der Waals surface area contributed by atoms with Crippen molar-refractivity contribution in [2.45, 2.75) is 25.8 Å². The van der Waals surface area contributed by atoms with Gasteiger partial charge in [-0.2, -0.15) is 0 Å².